The van der Waals surface area contributed by atoms with Crippen molar-refractivity contribution in [1.29, 1.82) is 0 Å². The summed E-state index contributed by atoms with van der Waals surface area (Å²) in [6, 6.07) is 0.379. The van der Waals surface area contributed by atoms with Gasteiger partial charge < -0.3 is 10.2 Å². The van der Waals surface area contributed by atoms with Gasteiger partial charge in [0.1, 0.15) is 12.9 Å². The standard InChI is InChI=1S/C9H14N6O/c16-9(5-14-6-11-12-13-14)15-2-1-7-3-10-4-8(7)15/h6-8,10H,1-5H2/t7-,8+/m0/s1. The second-order valence-corrected chi connectivity index (χ2v) is 4.37. The fourth-order valence-electron chi connectivity index (χ4n) is 2.64. The van der Waals surface area contributed by atoms with Crippen LogP contribution < -0.4 is 5.32 Å². The average Bonchev–Trinajstić information content (AvgIpc) is 2.92. The summed E-state index contributed by atoms with van der Waals surface area (Å²) < 4.78 is 1.47. The zero-order valence-electron chi connectivity index (χ0n) is 8.91. The summed E-state index contributed by atoms with van der Waals surface area (Å²) in [5.74, 6) is 0.751. The fraction of sp³-hybridized carbons (Fsp3) is 0.778. The minimum Gasteiger partial charge on any atom is -0.336 e. The molecule has 0 bridgehead atoms. The highest BCUT2D eigenvalue weighted by Crippen LogP contribution is 2.27. The van der Waals surface area contributed by atoms with E-state index in [1.165, 1.54) is 11.0 Å². The van der Waals surface area contributed by atoms with Crippen molar-refractivity contribution in [1.82, 2.24) is 30.4 Å². The lowest BCUT2D eigenvalue weighted by Gasteiger charge is -2.23. The van der Waals surface area contributed by atoms with Crippen molar-refractivity contribution in [2.45, 2.75) is 19.0 Å². The third-order valence-corrected chi connectivity index (χ3v) is 3.45. The first-order valence-electron chi connectivity index (χ1n) is 5.55. The number of aromatic nitrogens is 4. The summed E-state index contributed by atoms with van der Waals surface area (Å²) in [7, 11) is 0. The van der Waals surface area contributed by atoms with Crippen LogP contribution >= 0.6 is 0 Å². The Balaban J connectivity index is 1.67. The molecule has 0 aliphatic carbocycles. The van der Waals surface area contributed by atoms with Gasteiger partial charge >= 0.3 is 0 Å². The molecule has 2 saturated heterocycles. The summed E-state index contributed by atoms with van der Waals surface area (Å²) in [6.07, 6.45) is 2.58. The molecule has 2 atom stereocenters. The molecule has 0 saturated carbocycles. The van der Waals surface area contributed by atoms with E-state index in [2.05, 4.69) is 20.8 Å². The molecule has 86 valence electrons. The van der Waals surface area contributed by atoms with Crippen LogP contribution in [0, 0.1) is 5.92 Å². The molecule has 0 aromatic carbocycles. The van der Waals surface area contributed by atoms with Crippen molar-refractivity contribution in [3.8, 4) is 0 Å². The summed E-state index contributed by atoms with van der Waals surface area (Å²) in [5, 5.41) is 14.1. The third kappa shape index (κ3) is 1.57. The molecule has 1 aromatic heterocycles. The molecule has 2 aliphatic heterocycles. The van der Waals surface area contributed by atoms with Crippen LogP contribution in [0.15, 0.2) is 6.33 Å². The van der Waals surface area contributed by atoms with E-state index >= 15 is 0 Å². The summed E-state index contributed by atoms with van der Waals surface area (Å²) >= 11 is 0. The van der Waals surface area contributed by atoms with Gasteiger partial charge in [0.2, 0.25) is 5.91 Å². The van der Waals surface area contributed by atoms with E-state index in [9.17, 15) is 4.79 Å². The molecular formula is C9H14N6O. The maximum absolute atomic E-state index is 12.0. The number of nitrogens with zero attached hydrogens (tertiary/aromatic N) is 5. The number of hydrogen-bond acceptors (Lipinski definition) is 5. The zero-order valence-corrected chi connectivity index (χ0v) is 8.91. The third-order valence-electron chi connectivity index (χ3n) is 3.45. The minimum atomic E-state index is 0.114. The van der Waals surface area contributed by atoms with Crippen molar-refractivity contribution in [2.24, 2.45) is 5.92 Å². The molecule has 7 nitrogen and oxygen atoms in total. The Hall–Kier alpha value is -1.50. The molecule has 1 aromatic rings. The highest BCUT2D eigenvalue weighted by atomic mass is 16.2. The Morgan fingerprint density at radius 3 is 3.25 bits per heavy atom. The van der Waals surface area contributed by atoms with Crippen LogP contribution in [0.5, 0.6) is 0 Å². The van der Waals surface area contributed by atoms with Crippen LogP contribution in [0.2, 0.25) is 0 Å². The predicted molar refractivity (Wildman–Crippen MR) is 54.3 cm³/mol. The van der Waals surface area contributed by atoms with Gasteiger partial charge in [-0.1, -0.05) is 0 Å². The number of hydrogen-bond donors (Lipinski definition) is 1. The number of amides is 1. The Bertz CT molecular complexity index is 377. The van der Waals surface area contributed by atoms with Crippen molar-refractivity contribution in [2.75, 3.05) is 19.6 Å². The van der Waals surface area contributed by atoms with E-state index in [0.29, 0.717) is 12.0 Å². The number of fused-ring (bicyclic) bond motifs is 1. The van der Waals surface area contributed by atoms with Crippen LogP contribution in [0.1, 0.15) is 6.42 Å². The zero-order chi connectivity index (χ0) is 11.0. The van der Waals surface area contributed by atoms with Gasteiger partial charge in [0.05, 0.1) is 0 Å². The van der Waals surface area contributed by atoms with Gasteiger partial charge in [0.15, 0.2) is 0 Å². The molecule has 0 unspecified atom stereocenters. The lowest BCUT2D eigenvalue weighted by Crippen LogP contribution is -2.40. The Kier molecular flexibility index (Phi) is 2.32. The molecule has 7 heteroatoms. The predicted octanol–water partition coefficient (Wildman–Crippen LogP) is -1.51. The van der Waals surface area contributed by atoms with E-state index in [1.807, 2.05) is 4.90 Å². The van der Waals surface area contributed by atoms with Crippen LogP contribution in [0.4, 0.5) is 0 Å². The van der Waals surface area contributed by atoms with Crippen molar-refractivity contribution in [3.63, 3.8) is 0 Å². The first kappa shape index (κ1) is 9.71. The molecule has 3 rings (SSSR count). The lowest BCUT2D eigenvalue weighted by atomic mass is 10.1. The van der Waals surface area contributed by atoms with Crippen LogP contribution in [-0.2, 0) is 11.3 Å². The Morgan fingerprint density at radius 2 is 2.44 bits per heavy atom. The van der Waals surface area contributed by atoms with Gasteiger partial charge in [-0.3, -0.25) is 4.79 Å². The van der Waals surface area contributed by atoms with Gasteiger partial charge in [0.25, 0.3) is 0 Å². The van der Waals surface area contributed by atoms with Crippen LogP contribution in [0.3, 0.4) is 0 Å². The Morgan fingerprint density at radius 1 is 1.50 bits per heavy atom. The molecule has 1 N–H and O–H groups in total. The van der Waals surface area contributed by atoms with Crippen LogP contribution in [-0.4, -0.2) is 56.7 Å². The maximum atomic E-state index is 12.0. The molecule has 0 radical (unpaired) electrons. The van der Waals surface area contributed by atoms with Crippen molar-refractivity contribution in [3.05, 3.63) is 6.33 Å². The fourth-order valence-corrected chi connectivity index (χ4v) is 2.64. The number of nitrogens with one attached hydrogen (secondary N) is 1. The van der Waals surface area contributed by atoms with Gasteiger partial charge in [-0.25, -0.2) is 4.68 Å². The van der Waals surface area contributed by atoms with Gasteiger partial charge in [-0.05, 0) is 22.8 Å². The van der Waals surface area contributed by atoms with Gasteiger partial charge in [-0.2, -0.15) is 0 Å². The maximum Gasteiger partial charge on any atom is 0.244 e. The van der Waals surface area contributed by atoms with E-state index in [-0.39, 0.29) is 12.5 Å². The second kappa shape index (κ2) is 3.82. The molecular weight excluding hydrogens is 208 g/mol. The van der Waals surface area contributed by atoms with E-state index in [1.54, 1.807) is 0 Å². The average molecular weight is 222 g/mol. The van der Waals surface area contributed by atoms with Crippen LogP contribution in [0.25, 0.3) is 0 Å². The molecule has 0 spiro atoms. The first-order valence-corrected chi connectivity index (χ1v) is 5.55. The normalized spacial score (nSPS) is 28.4. The highest BCUT2D eigenvalue weighted by molar-refractivity contribution is 5.76. The minimum absolute atomic E-state index is 0.114. The smallest absolute Gasteiger partial charge is 0.244 e. The number of carbonyl (C=O) groups is 1. The van der Waals surface area contributed by atoms with Gasteiger partial charge in [-0.15, -0.1) is 5.10 Å². The topological polar surface area (TPSA) is 75.9 Å². The molecule has 2 fully saturated rings. The largest absolute Gasteiger partial charge is 0.336 e. The van der Waals surface area contributed by atoms with E-state index < -0.39 is 0 Å². The van der Waals surface area contributed by atoms with Crippen molar-refractivity contribution >= 4 is 5.91 Å². The number of likely N-dealkylation sites (tertiary alicyclic amines) is 1. The van der Waals surface area contributed by atoms with E-state index in [0.717, 1.165) is 26.1 Å². The number of carbonyl (C=O) groups excluding carboxylic acids is 1. The second-order valence-electron chi connectivity index (χ2n) is 4.37. The Labute approximate surface area is 92.8 Å². The summed E-state index contributed by atoms with van der Waals surface area (Å²) in [5.41, 5.74) is 0. The number of tetrazole rings is 1. The summed E-state index contributed by atoms with van der Waals surface area (Å²) in [6.45, 7) is 3.08. The summed E-state index contributed by atoms with van der Waals surface area (Å²) in [4.78, 5) is 14.0. The lowest BCUT2D eigenvalue weighted by molar-refractivity contribution is -0.132. The molecule has 3 heterocycles. The van der Waals surface area contributed by atoms with Crippen molar-refractivity contribution < 1.29 is 4.79 Å². The SMILES string of the molecule is O=C(Cn1cnnn1)N1CC[C@H]2CNC[C@H]21. The molecule has 2 aliphatic rings. The monoisotopic (exact) mass is 222 g/mol. The first-order chi connectivity index (χ1) is 7.84. The highest BCUT2D eigenvalue weighted by Gasteiger charge is 2.39. The molecule has 1 amide bonds. The van der Waals surface area contributed by atoms with E-state index in [4.69, 9.17) is 0 Å². The molecule has 16 heavy (non-hydrogen) atoms. The van der Waals surface area contributed by atoms with Gasteiger partial charge in [0, 0.05) is 25.7 Å². The quantitative estimate of drug-likeness (QED) is 0.658. The number of rotatable bonds is 2.